The van der Waals surface area contributed by atoms with Gasteiger partial charge in [-0.1, -0.05) is 36.2 Å². The quantitative estimate of drug-likeness (QED) is 0.656. The van der Waals surface area contributed by atoms with Gasteiger partial charge in [0.2, 0.25) is 11.8 Å². The van der Waals surface area contributed by atoms with E-state index in [0.717, 1.165) is 37.9 Å². The van der Waals surface area contributed by atoms with Crippen molar-refractivity contribution in [2.24, 2.45) is 11.8 Å². The molecule has 3 aliphatic rings. The number of amides is 2. The second-order valence-electron chi connectivity index (χ2n) is 9.42. The third kappa shape index (κ3) is 4.74. The van der Waals surface area contributed by atoms with Crippen LogP contribution in [0.25, 0.3) is 0 Å². The van der Waals surface area contributed by atoms with E-state index < -0.39 is 5.41 Å². The fraction of sp³-hybridized carbons (Fsp3) is 0.667. The standard InChI is InChI=1S/C24H32Cl2N2O3/c1-17-3-2-10-28(16-17)22(29)18-6-11-27(12-7-18)23(30)24(8-13-31-14-9-24)20-5-4-19(25)15-21(20)26/h4-5,15,17-18H,2-3,6-14,16H2,1H3. The first kappa shape index (κ1) is 22.9. The first-order valence-corrected chi connectivity index (χ1v) is 12.3. The van der Waals surface area contributed by atoms with Crippen LogP contribution in [0, 0.1) is 11.8 Å². The lowest BCUT2D eigenvalue weighted by molar-refractivity contribution is -0.146. The Morgan fingerprint density at radius 2 is 1.74 bits per heavy atom. The summed E-state index contributed by atoms with van der Waals surface area (Å²) >= 11 is 12.7. The Morgan fingerprint density at radius 3 is 2.39 bits per heavy atom. The largest absolute Gasteiger partial charge is 0.381 e. The maximum absolute atomic E-state index is 13.8. The van der Waals surface area contributed by atoms with Gasteiger partial charge in [-0.25, -0.2) is 0 Å². The van der Waals surface area contributed by atoms with Gasteiger partial charge in [-0.2, -0.15) is 0 Å². The van der Waals surface area contributed by atoms with Crippen LogP contribution in [0.1, 0.15) is 51.0 Å². The summed E-state index contributed by atoms with van der Waals surface area (Å²) in [4.78, 5) is 30.8. The molecule has 0 N–H and O–H groups in total. The molecule has 0 saturated carbocycles. The molecule has 0 radical (unpaired) electrons. The molecule has 5 nitrogen and oxygen atoms in total. The number of halogens is 2. The monoisotopic (exact) mass is 466 g/mol. The van der Waals surface area contributed by atoms with Crippen LogP contribution in [0.4, 0.5) is 0 Å². The third-order valence-corrected chi connectivity index (χ3v) is 7.85. The summed E-state index contributed by atoms with van der Waals surface area (Å²) in [5, 5.41) is 1.10. The summed E-state index contributed by atoms with van der Waals surface area (Å²) in [5.74, 6) is 0.994. The number of carbonyl (C=O) groups excluding carboxylic acids is 2. The zero-order valence-corrected chi connectivity index (χ0v) is 19.8. The van der Waals surface area contributed by atoms with Crippen molar-refractivity contribution in [2.75, 3.05) is 39.4 Å². The molecule has 7 heteroatoms. The average Bonchev–Trinajstić information content (AvgIpc) is 2.78. The predicted molar refractivity (Wildman–Crippen MR) is 122 cm³/mol. The molecule has 3 heterocycles. The highest BCUT2D eigenvalue weighted by atomic mass is 35.5. The molecule has 1 unspecified atom stereocenters. The van der Waals surface area contributed by atoms with E-state index >= 15 is 0 Å². The lowest BCUT2D eigenvalue weighted by atomic mass is 9.72. The van der Waals surface area contributed by atoms with Gasteiger partial charge in [-0.05, 0) is 62.1 Å². The second-order valence-corrected chi connectivity index (χ2v) is 10.3. The van der Waals surface area contributed by atoms with Crippen molar-refractivity contribution < 1.29 is 14.3 Å². The molecule has 0 aliphatic carbocycles. The predicted octanol–water partition coefficient (Wildman–Crippen LogP) is 4.54. The summed E-state index contributed by atoms with van der Waals surface area (Å²) in [6.45, 7) is 6.27. The smallest absolute Gasteiger partial charge is 0.233 e. The summed E-state index contributed by atoms with van der Waals surface area (Å²) < 4.78 is 5.58. The molecule has 1 atom stereocenters. The van der Waals surface area contributed by atoms with Gasteiger partial charge >= 0.3 is 0 Å². The molecule has 0 aromatic heterocycles. The summed E-state index contributed by atoms with van der Waals surface area (Å²) in [5.41, 5.74) is 0.159. The van der Waals surface area contributed by atoms with Crippen LogP contribution in [0.2, 0.25) is 10.0 Å². The van der Waals surface area contributed by atoms with Gasteiger partial charge in [-0.3, -0.25) is 9.59 Å². The van der Waals surface area contributed by atoms with Crippen molar-refractivity contribution in [1.29, 1.82) is 0 Å². The number of benzene rings is 1. The highest BCUT2D eigenvalue weighted by molar-refractivity contribution is 6.35. The zero-order chi connectivity index (χ0) is 22.0. The van der Waals surface area contributed by atoms with E-state index in [9.17, 15) is 9.59 Å². The van der Waals surface area contributed by atoms with Gasteiger partial charge < -0.3 is 14.5 Å². The first-order valence-electron chi connectivity index (χ1n) is 11.5. The van der Waals surface area contributed by atoms with Crippen LogP contribution >= 0.6 is 23.2 Å². The number of piperidine rings is 2. The van der Waals surface area contributed by atoms with E-state index in [1.54, 1.807) is 12.1 Å². The number of nitrogens with zero attached hydrogens (tertiary/aromatic N) is 2. The molecule has 0 bridgehead atoms. The lowest BCUT2D eigenvalue weighted by Gasteiger charge is -2.43. The number of carbonyl (C=O) groups is 2. The minimum absolute atomic E-state index is 0.0270. The Hall–Kier alpha value is -1.30. The van der Waals surface area contributed by atoms with Crippen LogP contribution in [0.5, 0.6) is 0 Å². The van der Waals surface area contributed by atoms with Gasteiger partial charge in [0.15, 0.2) is 0 Å². The second kappa shape index (κ2) is 9.68. The van der Waals surface area contributed by atoms with E-state index in [-0.39, 0.29) is 17.7 Å². The van der Waals surface area contributed by atoms with E-state index in [2.05, 4.69) is 6.92 Å². The molecular weight excluding hydrogens is 435 g/mol. The zero-order valence-electron chi connectivity index (χ0n) is 18.2. The molecule has 31 heavy (non-hydrogen) atoms. The Morgan fingerprint density at radius 1 is 1.03 bits per heavy atom. The number of hydrogen-bond donors (Lipinski definition) is 0. The maximum Gasteiger partial charge on any atom is 0.233 e. The molecule has 0 spiro atoms. The molecule has 3 saturated heterocycles. The Kier molecular flexibility index (Phi) is 7.14. The summed E-state index contributed by atoms with van der Waals surface area (Å²) in [7, 11) is 0. The fourth-order valence-electron chi connectivity index (χ4n) is 5.48. The van der Waals surface area contributed by atoms with Crippen LogP contribution in [0.3, 0.4) is 0 Å². The Labute approximate surface area is 195 Å². The van der Waals surface area contributed by atoms with E-state index in [1.165, 1.54) is 6.42 Å². The minimum atomic E-state index is -0.681. The first-order chi connectivity index (χ1) is 14.9. The number of hydrogen-bond acceptors (Lipinski definition) is 3. The fourth-order valence-corrected chi connectivity index (χ4v) is 6.07. The molecule has 3 fully saturated rings. The van der Waals surface area contributed by atoms with Crippen LogP contribution in [0.15, 0.2) is 18.2 Å². The molecule has 1 aromatic carbocycles. The number of rotatable bonds is 3. The van der Waals surface area contributed by atoms with Crippen molar-refractivity contribution in [3.63, 3.8) is 0 Å². The van der Waals surface area contributed by atoms with Crippen LogP contribution in [-0.4, -0.2) is 61.0 Å². The normalized spacial score (nSPS) is 24.8. The molecule has 170 valence electrons. The number of likely N-dealkylation sites (tertiary alicyclic amines) is 2. The van der Waals surface area contributed by atoms with Gasteiger partial charge in [-0.15, -0.1) is 0 Å². The van der Waals surface area contributed by atoms with Crippen molar-refractivity contribution in [3.8, 4) is 0 Å². The lowest BCUT2D eigenvalue weighted by Crippen LogP contribution is -2.53. The van der Waals surface area contributed by atoms with E-state index in [0.29, 0.717) is 55.1 Å². The van der Waals surface area contributed by atoms with Gasteiger partial charge in [0, 0.05) is 55.4 Å². The highest BCUT2D eigenvalue weighted by Crippen LogP contribution is 2.42. The highest BCUT2D eigenvalue weighted by Gasteiger charge is 2.46. The van der Waals surface area contributed by atoms with Crippen LogP contribution < -0.4 is 0 Å². The summed E-state index contributed by atoms with van der Waals surface area (Å²) in [6, 6.07) is 5.41. The van der Waals surface area contributed by atoms with E-state index in [4.69, 9.17) is 27.9 Å². The van der Waals surface area contributed by atoms with Crippen molar-refractivity contribution in [2.45, 2.75) is 50.9 Å². The van der Waals surface area contributed by atoms with E-state index in [1.807, 2.05) is 15.9 Å². The maximum atomic E-state index is 13.8. The molecule has 1 aromatic rings. The summed E-state index contributed by atoms with van der Waals surface area (Å²) in [6.07, 6.45) is 4.98. The average molecular weight is 467 g/mol. The molecule has 3 aliphatic heterocycles. The van der Waals surface area contributed by atoms with Gasteiger partial charge in [0.25, 0.3) is 0 Å². The van der Waals surface area contributed by atoms with Crippen molar-refractivity contribution in [3.05, 3.63) is 33.8 Å². The topological polar surface area (TPSA) is 49.9 Å². The third-order valence-electron chi connectivity index (χ3n) is 7.30. The number of ether oxygens (including phenoxy) is 1. The minimum Gasteiger partial charge on any atom is -0.381 e. The Bertz CT molecular complexity index is 817. The van der Waals surface area contributed by atoms with Gasteiger partial charge in [0.1, 0.15) is 0 Å². The molecule has 2 amide bonds. The molecular formula is C24H32Cl2N2O3. The van der Waals surface area contributed by atoms with Crippen molar-refractivity contribution in [1.82, 2.24) is 9.80 Å². The Balaban J connectivity index is 1.46. The molecule has 4 rings (SSSR count). The van der Waals surface area contributed by atoms with Crippen molar-refractivity contribution >= 4 is 35.0 Å². The van der Waals surface area contributed by atoms with Gasteiger partial charge in [0.05, 0.1) is 5.41 Å². The SMILES string of the molecule is CC1CCCN(C(=O)C2CCN(C(=O)C3(c4ccc(Cl)cc4Cl)CCOCC3)CC2)C1. The van der Waals surface area contributed by atoms with Crippen LogP contribution in [-0.2, 0) is 19.7 Å².